The molecule has 0 heterocycles. The average Bonchev–Trinajstić information content (AvgIpc) is 2.73. The lowest BCUT2D eigenvalue weighted by atomic mass is 10.1. The SMILES string of the molecule is CCOC(=O)CNC(=O)N(Cc1ccc(OS(=O)(=O)c2ccc(F)cc2)cc1)CC(C)C. The predicted molar refractivity (Wildman–Crippen MR) is 116 cm³/mol. The fourth-order valence-corrected chi connectivity index (χ4v) is 3.71. The van der Waals surface area contributed by atoms with Crippen molar-refractivity contribution in [2.45, 2.75) is 32.2 Å². The second-order valence-corrected chi connectivity index (χ2v) is 8.92. The molecule has 0 fully saturated rings. The van der Waals surface area contributed by atoms with Gasteiger partial charge in [-0.15, -0.1) is 0 Å². The lowest BCUT2D eigenvalue weighted by Crippen LogP contribution is -2.43. The van der Waals surface area contributed by atoms with Crippen LogP contribution in [0, 0.1) is 11.7 Å². The van der Waals surface area contributed by atoms with Crippen LogP contribution < -0.4 is 9.50 Å². The zero-order valence-electron chi connectivity index (χ0n) is 18.2. The van der Waals surface area contributed by atoms with E-state index >= 15 is 0 Å². The molecule has 174 valence electrons. The van der Waals surface area contributed by atoms with Crippen LogP contribution in [0.15, 0.2) is 53.4 Å². The standard InChI is InChI=1S/C22H27FN2O6S/c1-4-30-21(26)13-24-22(27)25(14-16(2)3)15-17-5-9-19(10-6-17)31-32(28,29)20-11-7-18(23)8-12-20/h5-12,16H,4,13-15H2,1-3H3,(H,24,27). The lowest BCUT2D eigenvalue weighted by Gasteiger charge is -2.25. The maximum absolute atomic E-state index is 13.0. The van der Waals surface area contributed by atoms with Crippen molar-refractivity contribution in [3.63, 3.8) is 0 Å². The van der Waals surface area contributed by atoms with Crippen molar-refractivity contribution in [2.24, 2.45) is 5.92 Å². The van der Waals surface area contributed by atoms with Crippen LogP contribution in [0.25, 0.3) is 0 Å². The Morgan fingerprint density at radius 2 is 1.69 bits per heavy atom. The van der Waals surface area contributed by atoms with E-state index in [0.29, 0.717) is 6.54 Å². The number of halogens is 1. The Kier molecular flexibility index (Phi) is 9.01. The van der Waals surface area contributed by atoms with Gasteiger partial charge in [0.25, 0.3) is 0 Å². The number of urea groups is 1. The van der Waals surface area contributed by atoms with E-state index in [1.807, 2.05) is 13.8 Å². The Hall–Kier alpha value is -3.14. The summed E-state index contributed by atoms with van der Waals surface area (Å²) in [4.78, 5) is 25.4. The summed E-state index contributed by atoms with van der Waals surface area (Å²) in [5.41, 5.74) is 0.739. The minimum absolute atomic E-state index is 0.0836. The van der Waals surface area contributed by atoms with Gasteiger partial charge >= 0.3 is 22.1 Å². The van der Waals surface area contributed by atoms with Crippen LogP contribution in [0.3, 0.4) is 0 Å². The van der Waals surface area contributed by atoms with Crippen LogP contribution in [0.2, 0.25) is 0 Å². The molecule has 0 aliphatic heterocycles. The second-order valence-electron chi connectivity index (χ2n) is 7.37. The molecule has 0 aliphatic rings. The number of ether oxygens (including phenoxy) is 1. The monoisotopic (exact) mass is 466 g/mol. The van der Waals surface area contributed by atoms with Gasteiger partial charge in [0.05, 0.1) is 6.61 Å². The third-order valence-electron chi connectivity index (χ3n) is 4.17. The maximum Gasteiger partial charge on any atom is 0.339 e. The van der Waals surface area contributed by atoms with Crippen molar-refractivity contribution in [3.8, 4) is 5.75 Å². The van der Waals surface area contributed by atoms with Gasteiger partial charge in [-0.25, -0.2) is 9.18 Å². The Balaban J connectivity index is 2.04. The van der Waals surface area contributed by atoms with Gasteiger partial charge in [-0.2, -0.15) is 8.42 Å². The van der Waals surface area contributed by atoms with E-state index in [0.717, 1.165) is 29.8 Å². The summed E-state index contributed by atoms with van der Waals surface area (Å²) in [6, 6.07) is 10.1. The number of benzene rings is 2. The minimum Gasteiger partial charge on any atom is -0.465 e. The number of carbonyl (C=O) groups is 2. The summed E-state index contributed by atoms with van der Waals surface area (Å²) in [7, 11) is -4.10. The fraction of sp³-hybridized carbons (Fsp3) is 0.364. The third kappa shape index (κ3) is 7.84. The Morgan fingerprint density at radius 3 is 2.25 bits per heavy atom. The van der Waals surface area contributed by atoms with Gasteiger partial charge in [-0.3, -0.25) is 4.79 Å². The van der Waals surface area contributed by atoms with Gasteiger partial charge in [0, 0.05) is 13.1 Å². The van der Waals surface area contributed by atoms with E-state index in [4.69, 9.17) is 8.92 Å². The number of amides is 2. The Labute approximate surface area is 187 Å². The van der Waals surface area contributed by atoms with Crippen molar-refractivity contribution in [2.75, 3.05) is 19.7 Å². The molecule has 0 saturated carbocycles. The highest BCUT2D eigenvalue weighted by Crippen LogP contribution is 2.20. The average molecular weight is 467 g/mol. The van der Waals surface area contributed by atoms with E-state index in [1.165, 1.54) is 12.1 Å². The summed E-state index contributed by atoms with van der Waals surface area (Å²) >= 11 is 0. The van der Waals surface area contributed by atoms with Crippen LogP contribution in [-0.4, -0.2) is 45.0 Å². The molecule has 8 nitrogen and oxygen atoms in total. The minimum atomic E-state index is -4.10. The number of nitrogens with zero attached hydrogens (tertiary/aromatic N) is 1. The van der Waals surface area contributed by atoms with Crippen LogP contribution in [0.1, 0.15) is 26.3 Å². The molecule has 0 saturated heterocycles. The zero-order valence-corrected chi connectivity index (χ0v) is 19.0. The van der Waals surface area contributed by atoms with Crippen LogP contribution in [0.5, 0.6) is 5.75 Å². The number of hydrogen-bond acceptors (Lipinski definition) is 6. The van der Waals surface area contributed by atoms with Crippen molar-refractivity contribution < 1.29 is 31.3 Å². The van der Waals surface area contributed by atoms with Gasteiger partial charge in [0.2, 0.25) is 0 Å². The predicted octanol–water partition coefficient (Wildman–Crippen LogP) is 3.32. The van der Waals surface area contributed by atoms with Crippen molar-refractivity contribution in [3.05, 3.63) is 59.9 Å². The summed E-state index contributed by atoms with van der Waals surface area (Å²) in [5.74, 6) is -0.799. The molecule has 32 heavy (non-hydrogen) atoms. The molecule has 2 rings (SSSR count). The van der Waals surface area contributed by atoms with Crippen molar-refractivity contribution in [1.82, 2.24) is 10.2 Å². The molecular formula is C22H27FN2O6S. The molecule has 0 aromatic heterocycles. The summed E-state index contributed by atoms with van der Waals surface area (Å²) in [5, 5.41) is 2.54. The molecule has 0 aliphatic carbocycles. The molecule has 2 amide bonds. The van der Waals surface area contributed by atoms with Gasteiger partial charge < -0.3 is 19.1 Å². The quantitative estimate of drug-likeness (QED) is 0.426. The molecule has 10 heteroatoms. The first-order valence-corrected chi connectivity index (χ1v) is 11.5. The summed E-state index contributed by atoms with van der Waals surface area (Å²) in [6.45, 7) is 6.31. The molecule has 0 unspecified atom stereocenters. The highest BCUT2D eigenvalue weighted by atomic mass is 32.2. The van der Waals surface area contributed by atoms with Gasteiger partial charge in [-0.05, 0) is 54.8 Å². The van der Waals surface area contributed by atoms with Crippen molar-refractivity contribution >= 4 is 22.1 Å². The van der Waals surface area contributed by atoms with Gasteiger partial charge in [-0.1, -0.05) is 26.0 Å². The third-order valence-corrected chi connectivity index (χ3v) is 5.43. The van der Waals surface area contributed by atoms with E-state index in [9.17, 15) is 22.4 Å². The first-order valence-electron chi connectivity index (χ1n) is 10.1. The Bertz CT molecular complexity index is 1010. The molecule has 0 bridgehead atoms. The maximum atomic E-state index is 13.0. The second kappa shape index (κ2) is 11.5. The lowest BCUT2D eigenvalue weighted by molar-refractivity contribution is -0.141. The molecule has 1 N–H and O–H groups in total. The van der Waals surface area contributed by atoms with E-state index < -0.39 is 27.9 Å². The van der Waals surface area contributed by atoms with Gasteiger partial charge in [0.15, 0.2) is 0 Å². The topological polar surface area (TPSA) is 102 Å². The molecule has 0 spiro atoms. The largest absolute Gasteiger partial charge is 0.465 e. The molecule has 0 radical (unpaired) electrons. The summed E-state index contributed by atoms with van der Waals surface area (Å²) in [6.07, 6.45) is 0. The highest BCUT2D eigenvalue weighted by molar-refractivity contribution is 7.87. The summed E-state index contributed by atoms with van der Waals surface area (Å²) < 4.78 is 47.6. The van der Waals surface area contributed by atoms with Crippen LogP contribution in [0.4, 0.5) is 9.18 Å². The van der Waals surface area contributed by atoms with Gasteiger partial charge in [0.1, 0.15) is 23.0 Å². The van der Waals surface area contributed by atoms with E-state index in [-0.39, 0.29) is 36.3 Å². The normalized spacial score (nSPS) is 11.2. The zero-order chi connectivity index (χ0) is 23.7. The van der Waals surface area contributed by atoms with Crippen LogP contribution >= 0.6 is 0 Å². The number of rotatable bonds is 10. The van der Waals surface area contributed by atoms with E-state index in [1.54, 1.807) is 24.0 Å². The number of hydrogen-bond donors (Lipinski definition) is 1. The first-order chi connectivity index (χ1) is 15.1. The number of esters is 1. The fourth-order valence-electron chi connectivity index (χ4n) is 2.78. The van der Waals surface area contributed by atoms with E-state index in [2.05, 4.69) is 5.32 Å². The van der Waals surface area contributed by atoms with Crippen molar-refractivity contribution in [1.29, 1.82) is 0 Å². The molecule has 2 aromatic rings. The molecule has 2 aromatic carbocycles. The Morgan fingerprint density at radius 1 is 1.06 bits per heavy atom. The first kappa shape index (κ1) is 25.1. The van der Waals surface area contributed by atoms with Crippen LogP contribution in [-0.2, 0) is 26.2 Å². The number of carbonyl (C=O) groups excluding carboxylic acids is 2. The molecule has 0 atom stereocenters. The highest BCUT2D eigenvalue weighted by Gasteiger charge is 2.18. The number of nitrogens with one attached hydrogen (secondary N) is 1. The molecular weight excluding hydrogens is 439 g/mol. The smallest absolute Gasteiger partial charge is 0.339 e.